The Hall–Kier alpha value is -3.23. The monoisotopic (exact) mass is 511 g/mol. The Labute approximate surface area is 200 Å². The van der Waals surface area contributed by atoms with Crippen molar-refractivity contribution >= 4 is 50.8 Å². The van der Waals surface area contributed by atoms with Crippen LogP contribution in [-0.2, 0) is 6.54 Å². The van der Waals surface area contributed by atoms with E-state index in [0.717, 1.165) is 10.0 Å². The van der Waals surface area contributed by atoms with Crippen molar-refractivity contribution in [2.75, 3.05) is 11.9 Å². The molecule has 0 atom stereocenters. The fourth-order valence-electron chi connectivity index (χ4n) is 2.95. The molecule has 0 aromatic heterocycles. The highest BCUT2D eigenvalue weighted by Gasteiger charge is 2.16. The molecule has 3 aromatic carbocycles. The van der Waals surface area contributed by atoms with Gasteiger partial charge in [0.2, 0.25) is 0 Å². The van der Waals surface area contributed by atoms with E-state index in [1.165, 1.54) is 0 Å². The van der Waals surface area contributed by atoms with E-state index < -0.39 is 5.91 Å². The second kappa shape index (κ2) is 11.4. The van der Waals surface area contributed by atoms with Crippen LogP contribution in [0.25, 0.3) is 0 Å². The molecule has 0 saturated carbocycles. The lowest BCUT2D eigenvalue weighted by Gasteiger charge is -2.15. The first kappa shape index (κ1) is 23.4. The summed E-state index contributed by atoms with van der Waals surface area (Å²) in [5.74, 6) is -0.216. The van der Waals surface area contributed by atoms with Crippen LogP contribution in [0, 0.1) is 0 Å². The Morgan fingerprint density at radius 1 is 0.938 bits per heavy atom. The maximum Gasteiger partial charge on any atom is 0.261 e. The molecule has 3 rings (SSSR count). The van der Waals surface area contributed by atoms with E-state index in [1.54, 1.807) is 42.5 Å². The quantitative estimate of drug-likeness (QED) is 0.393. The Bertz CT molecular complexity index is 1120. The molecule has 0 saturated heterocycles. The number of anilines is 1. The highest BCUT2D eigenvalue weighted by atomic mass is 79.9. The van der Waals surface area contributed by atoms with Crippen molar-refractivity contribution in [3.63, 3.8) is 0 Å². The summed E-state index contributed by atoms with van der Waals surface area (Å²) in [5.41, 5.74) is 2.24. The average molecular weight is 512 g/mol. The van der Waals surface area contributed by atoms with Crippen LogP contribution in [0.5, 0.6) is 5.75 Å². The molecular weight excluding hydrogens is 490 g/mol. The second-order valence-electron chi connectivity index (χ2n) is 6.70. The van der Waals surface area contributed by atoms with Crippen LogP contribution in [0.1, 0.15) is 33.2 Å². The molecule has 8 heteroatoms. The van der Waals surface area contributed by atoms with Crippen molar-refractivity contribution in [3.8, 4) is 5.75 Å². The number of para-hydroxylation sites is 1. The molecule has 0 radical (unpaired) electrons. The van der Waals surface area contributed by atoms with Crippen molar-refractivity contribution in [3.05, 3.63) is 94.0 Å². The summed E-state index contributed by atoms with van der Waals surface area (Å²) in [6.07, 6.45) is 0. The van der Waals surface area contributed by atoms with Gasteiger partial charge in [0.1, 0.15) is 5.75 Å². The van der Waals surface area contributed by atoms with Crippen molar-refractivity contribution in [1.82, 2.24) is 10.6 Å². The topological polar surface area (TPSA) is 79.5 Å². The fraction of sp³-hybridized carbons (Fsp3) is 0.125. The number of thiocarbonyl (C=S) groups is 1. The largest absolute Gasteiger partial charge is 0.493 e. The molecule has 3 aromatic rings. The molecule has 32 heavy (non-hydrogen) atoms. The maximum absolute atomic E-state index is 12.8. The molecule has 0 aliphatic heterocycles. The second-order valence-corrected chi connectivity index (χ2v) is 8.02. The summed E-state index contributed by atoms with van der Waals surface area (Å²) in [6, 6.07) is 21.8. The Morgan fingerprint density at radius 2 is 1.66 bits per heavy atom. The Morgan fingerprint density at radius 3 is 2.41 bits per heavy atom. The van der Waals surface area contributed by atoms with Crippen LogP contribution in [0.4, 0.5) is 5.69 Å². The van der Waals surface area contributed by atoms with Gasteiger partial charge in [-0.2, -0.15) is 0 Å². The van der Waals surface area contributed by atoms with Crippen LogP contribution in [-0.4, -0.2) is 23.5 Å². The summed E-state index contributed by atoms with van der Waals surface area (Å²) >= 11 is 8.68. The minimum Gasteiger partial charge on any atom is -0.493 e. The van der Waals surface area contributed by atoms with Crippen molar-refractivity contribution < 1.29 is 14.3 Å². The number of hydrogen-bond acceptors (Lipinski definition) is 4. The highest BCUT2D eigenvalue weighted by Crippen LogP contribution is 2.23. The molecule has 0 aliphatic rings. The highest BCUT2D eigenvalue weighted by molar-refractivity contribution is 9.10. The number of halogens is 1. The summed E-state index contributed by atoms with van der Waals surface area (Å²) < 4.78 is 6.27. The lowest BCUT2D eigenvalue weighted by Crippen LogP contribution is -2.35. The predicted octanol–water partition coefficient (Wildman–Crippen LogP) is 4.90. The first-order valence-corrected chi connectivity index (χ1v) is 11.1. The van der Waals surface area contributed by atoms with Gasteiger partial charge in [-0.05, 0) is 55.0 Å². The van der Waals surface area contributed by atoms with E-state index in [2.05, 4.69) is 31.9 Å². The van der Waals surface area contributed by atoms with Gasteiger partial charge in [-0.1, -0.05) is 58.4 Å². The summed E-state index contributed by atoms with van der Waals surface area (Å²) in [6.45, 7) is 2.67. The van der Waals surface area contributed by atoms with Crippen molar-refractivity contribution in [2.45, 2.75) is 13.5 Å². The standard InChI is InChI=1S/C24H22BrN3O3S/c1-2-31-21-13-12-17(25)14-19(21)23(30)28-24(32)27-20-11-7-6-10-18(20)22(29)26-15-16-8-4-3-5-9-16/h3-14H,2,15H2,1H3,(H,26,29)(H2,27,28,30,32). The van der Waals surface area contributed by atoms with E-state index in [0.29, 0.717) is 35.7 Å². The molecule has 0 spiro atoms. The number of carbonyl (C=O) groups is 2. The van der Waals surface area contributed by atoms with Crippen LogP contribution in [0.15, 0.2) is 77.3 Å². The molecule has 0 bridgehead atoms. The molecule has 0 aliphatic carbocycles. The molecule has 164 valence electrons. The van der Waals surface area contributed by atoms with Gasteiger partial charge >= 0.3 is 0 Å². The zero-order valence-corrected chi connectivity index (χ0v) is 19.8. The van der Waals surface area contributed by atoms with Gasteiger partial charge in [0, 0.05) is 11.0 Å². The summed E-state index contributed by atoms with van der Waals surface area (Å²) in [5, 5.41) is 8.55. The number of ether oxygens (including phenoxy) is 1. The van der Waals surface area contributed by atoms with Crippen LogP contribution in [0.2, 0.25) is 0 Å². The zero-order chi connectivity index (χ0) is 22.9. The third-order valence-corrected chi connectivity index (χ3v) is 5.13. The van der Waals surface area contributed by atoms with Crippen LogP contribution < -0.4 is 20.7 Å². The predicted molar refractivity (Wildman–Crippen MR) is 133 cm³/mol. The van der Waals surface area contributed by atoms with Gasteiger partial charge in [0.15, 0.2) is 5.11 Å². The van der Waals surface area contributed by atoms with Gasteiger partial charge in [-0.15, -0.1) is 0 Å². The van der Waals surface area contributed by atoms with Gasteiger partial charge < -0.3 is 15.4 Å². The molecular formula is C24H22BrN3O3S. The normalized spacial score (nSPS) is 10.2. The third-order valence-electron chi connectivity index (χ3n) is 4.43. The number of nitrogens with one attached hydrogen (secondary N) is 3. The minimum absolute atomic E-state index is 0.0701. The third kappa shape index (κ3) is 6.38. The van der Waals surface area contributed by atoms with E-state index in [-0.39, 0.29) is 11.0 Å². The smallest absolute Gasteiger partial charge is 0.261 e. The summed E-state index contributed by atoms with van der Waals surface area (Å²) in [4.78, 5) is 25.5. The minimum atomic E-state index is -0.418. The molecule has 2 amide bonds. The van der Waals surface area contributed by atoms with E-state index >= 15 is 0 Å². The Kier molecular flexibility index (Phi) is 8.35. The van der Waals surface area contributed by atoms with E-state index in [9.17, 15) is 9.59 Å². The maximum atomic E-state index is 12.8. The van der Waals surface area contributed by atoms with Crippen molar-refractivity contribution in [2.24, 2.45) is 0 Å². The number of amides is 2. The number of carbonyl (C=O) groups excluding carboxylic acids is 2. The molecule has 0 fully saturated rings. The van der Waals surface area contributed by atoms with Gasteiger partial charge in [-0.3, -0.25) is 14.9 Å². The SMILES string of the molecule is CCOc1ccc(Br)cc1C(=O)NC(=S)Nc1ccccc1C(=O)NCc1ccccc1. The lowest BCUT2D eigenvalue weighted by atomic mass is 10.1. The zero-order valence-electron chi connectivity index (χ0n) is 17.4. The van der Waals surface area contributed by atoms with Gasteiger partial charge in [0.25, 0.3) is 11.8 Å². The molecule has 0 heterocycles. The average Bonchev–Trinajstić information content (AvgIpc) is 2.79. The van der Waals surface area contributed by atoms with E-state index in [4.69, 9.17) is 17.0 Å². The molecule has 3 N–H and O–H groups in total. The fourth-order valence-corrected chi connectivity index (χ4v) is 3.51. The van der Waals surface area contributed by atoms with Crippen LogP contribution in [0.3, 0.4) is 0 Å². The number of benzene rings is 3. The van der Waals surface area contributed by atoms with Gasteiger partial charge in [0.05, 0.1) is 23.4 Å². The van der Waals surface area contributed by atoms with Gasteiger partial charge in [-0.25, -0.2) is 0 Å². The molecule has 0 unspecified atom stereocenters. The van der Waals surface area contributed by atoms with E-state index in [1.807, 2.05) is 37.3 Å². The lowest BCUT2D eigenvalue weighted by molar-refractivity contribution is 0.0949. The first-order valence-electron chi connectivity index (χ1n) is 9.93. The summed E-state index contributed by atoms with van der Waals surface area (Å²) in [7, 11) is 0. The van der Waals surface area contributed by atoms with Crippen molar-refractivity contribution in [1.29, 1.82) is 0 Å². The first-order chi connectivity index (χ1) is 15.5. The number of rotatable bonds is 7. The molecule has 6 nitrogen and oxygen atoms in total. The number of hydrogen-bond donors (Lipinski definition) is 3. The Balaban J connectivity index is 1.67. The van der Waals surface area contributed by atoms with Crippen LogP contribution >= 0.6 is 28.1 Å².